The molecular formula is C14H17BrN2O. The van der Waals surface area contributed by atoms with E-state index in [1.165, 1.54) is 19.3 Å². The maximum absolute atomic E-state index is 9.06. The van der Waals surface area contributed by atoms with Gasteiger partial charge in [-0.15, -0.1) is 0 Å². The van der Waals surface area contributed by atoms with Gasteiger partial charge in [0.15, 0.2) is 0 Å². The molecular weight excluding hydrogens is 292 g/mol. The predicted molar refractivity (Wildman–Crippen MR) is 74.4 cm³/mol. The van der Waals surface area contributed by atoms with Crippen molar-refractivity contribution >= 4 is 15.9 Å². The summed E-state index contributed by atoms with van der Waals surface area (Å²) in [6.07, 6.45) is 5.62. The molecule has 0 radical (unpaired) electrons. The van der Waals surface area contributed by atoms with Crippen LogP contribution in [0.5, 0.6) is 5.75 Å². The largest absolute Gasteiger partial charge is 0.490 e. The fourth-order valence-corrected chi connectivity index (χ4v) is 2.70. The van der Waals surface area contributed by atoms with Crippen molar-refractivity contribution in [1.29, 1.82) is 5.26 Å². The second-order valence-electron chi connectivity index (χ2n) is 4.96. The molecule has 0 bridgehead atoms. The Kier molecular flexibility index (Phi) is 4.26. The zero-order valence-corrected chi connectivity index (χ0v) is 11.9. The summed E-state index contributed by atoms with van der Waals surface area (Å²) in [5.41, 5.74) is 6.63. The van der Waals surface area contributed by atoms with Gasteiger partial charge in [0.25, 0.3) is 0 Å². The van der Waals surface area contributed by atoms with Gasteiger partial charge in [-0.1, -0.05) is 35.2 Å². The number of hydrogen-bond donors (Lipinski definition) is 1. The lowest BCUT2D eigenvalue weighted by atomic mass is 9.83. The monoisotopic (exact) mass is 308 g/mol. The quantitative estimate of drug-likeness (QED) is 0.931. The Hall–Kier alpha value is -1.05. The van der Waals surface area contributed by atoms with E-state index in [1.807, 2.05) is 12.1 Å². The zero-order chi connectivity index (χ0) is 13.0. The van der Waals surface area contributed by atoms with Gasteiger partial charge in [-0.2, -0.15) is 5.26 Å². The molecule has 3 nitrogen and oxygen atoms in total. The number of nitrogens with two attached hydrogens (primary N) is 1. The molecule has 0 spiro atoms. The molecule has 2 N–H and O–H groups in total. The number of nitrogens with zero attached hydrogens (tertiary/aromatic N) is 1. The normalized spacial score (nSPS) is 18.1. The summed E-state index contributed by atoms with van der Waals surface area (Å²) in [5.74, 6) is 0.621. The molecule has 0 aliphatic heterocycles. The topological polar surface area (TPSA) is 59.0 Å². The first-order valence-electron chi connectivity index (χ1n) is 6.24. The van der Waals surface area contributed by atoms with Crippen molar-refractivity contribution in [1.82, 2.24) is 0 Å². The third-order valence-electron chi connectivity index (χ3n) is 3.43. The molecule has 0 unspecified atom stereocenters. The standard InChI is InChI=1S/C14H17BrN2O/c15-12-4-5-13(11(8-12)9-16)18-10-14(17)6-2-1-3-7-14/h4-5,8H,1-3,6-7,10,17H2. The summed E-state index contributed by atoms with van der Waals surface area (Å²) in [6, 6.07) is 7.59. The van der Waals surface area contributed by atoms with Gasteiger partial charge in [0.05, 0.1) is 11.1 Å². The molecule has 18 heavy (non-hydrogen) atoms. The molecule has 1 aliphatic carbocycles. The van der Waals surface area contributed by atoms with Gasteiger partial charge < -0.3 is 10.5 Å². The lowest BCUT2D eigenvalue weighted by molar-refractivity contribution is 0.173. The van der Waals surface area contributed by atoms with Crippen LogP contribution in [0.15, 0.2) is 22.7 Å². The van der Waals surface area contributed by atoms with Crippen molar-refractivity contribution in [3.05, 3.63) is 28.2 Å². The van der Waals surface area contributed by atoms with Gasteiger partial charge in [0.1, 0.15) is 18.4 Å². The lowest BCUT2D eigenvalue weighted by Gasteiger charge is -2.33. The Morgan fingerprint density at radius 2 is 2.06 bits per heavy atom. The number of hydrogen-bond acceptors (Lipinski definition) is 3. The molecule has 1 aromatic rings. The van der Waals surface area contributed by atoms with Crippen LogP contribution in [0.1, 0.15) is 37.7 Å². The molecule has 2 rings (SSSR count). The molecule has 1 fully saturated rings. The van der Waals surface area contributed by atoms with Crippen molar-refractivity contribution in [2.75, 3.05) is 6.61 Å². The Morgan fingerprint density at radius 3 is 2.72 bits per heavy atom. The second kappa shape index (κ2) is 5.73. The maximum atomic E-state index is 9.06. The van der Waals surface area contributed by atoms with Crippen LogP contribution in [0.3, 0.4) is 0 Å². The van der Waals surface area contributed by atoms with Gasteiger partial charge in [0, 0.05) is 4.47 Å². The zero-order valence-electron chi connectivity index (χ0n) is 10.3. The molecule has 0 heterocycles. The van der Waals surface area contributed by atoms with Crippen LogP contribution < -0.4 is 10.5 Å². The summed E-state index contributed by atoms with van der Waals surface area (Å²) >= 11 is 3.34. The summed E-state index contributed by atoms with van der Waals surface area (Å²) in [6.45, 7) is 0.489. The third-order valence-corrected chi connectivity index (χ3v) is 3.92. The van der Waals surface area contributed by atoms with E-state index in [0.717, 1.165) is 17.3 Å². The summed E-state index contributed by atoms with van der Waals surface area (Å²) < 4.78 is 6.64. The van der Waals surface area contributed by atoms with Gasteiger partial charge in [0.2, 0.25) is 0 Å². The van der Waals surface area contributed by atoms with E-state index in [4.69, 9.17) is 15.7 Å². The minimum Gasteiger partial charge on any atom is -0.490 e. The molecule has 0 aromatic heterocycles. The minimum atomic E-state index is -0.224. The van der Waals surface area contributed by atoms with Crippen molar-refractivity contribution in [2.24, 2.45) is 5.73 Å². The Morgan fingerprint density at radius 1 is 1.33 bits per heavy atom. The predicted octanol–water partition coefficient (Wildman–Crippen LogP) is 3.36. The number of nitriles is 1. The molecule has 1 aromatic carbocycles. The van der Waals surface area contributed by atoms with E-state index in [-0.39, 0.29) is 5.54 Å². The first-order valence-corrected chi connectivity index (χ1v) is 7.04. The lowest BCUT2D eigenvalue weighted by Crippen LogP contribution is -2.47. The fraction of sp³-hybridized carbons (Fsp3) is 0.500. The van der Waals surface area contributed by atoms with Gasteiger partial charge in [-0.3, -0.25) is 0 Å². The van der Waals surface area contributed by atoms with Crippen LogP contribution in [-0.4, -0.2) is 12.1 Å². The summed E-state index contributed by atoms with van der Waals surface area (Å²) in [4.78, 5) is 0. The van der Waals surface area contributed by atoms with E-state index < -0.39 is 0 Å². The van der Waals surface area contributed by atoms with E-state index in [9.17, 15) is 0 Å². The highest BCUT2D eigenvalue weighted by atomic mass is 79.9. The molecule has 96 valence electrons. The van der Waals surface area contributed by atoms with Gasteiger partial charge in [-0.05, 0) is 31.0 Å². The van der Waals surface area contributed by atoms with E-state index in [2.05, 4.69) is 22.0 Å². The Bertz CT molecular complexity index is 461. The maximum Gasteiger partial charge on any atom is 0.137 e. The van der Waals surface area contributed by atoms with E-state index in [1.54, 1.807) is 6.07 Å². The van der Waals surface area contributed by atoms with Crippen molar-refractivity contribution < 1.29 is 4.74 Å². The SMILES string of the molecule is N#Cc1cc(Br)ccc1OCC1(N)CCCCC1. The number of halogens is 1. The molecule has 0 atom stereocenters. The molecule has 0 amide bonds. The minimum absolute atomic E-state index is 0.224. The summed E-state index contributed by atoms with van der Waals surface area (Å²) in [7, 11) is 0. The smallest absolute Gasteiger partial charge is 0.137 e. The van der Waals surface area contributed by atoms with Crippen LogP contribution in [0, 0.1) is 11.3 Å². The van der Waals surface area contributed by atoms with Crippen molar-refractivity contribution in [3.63, 3.8) is 0 Å². The van der Waals surface area contributed by atoms with Crippen molar-refractivity contribution in [2.45, 2.75) is 37.6 Å². The first kappa shape index (κ1) is 13.4. The number of rotatable bonds is 3. The van der Waals surface area contributed by atoms with Crippen molar-refractivity contribution in [3.8, 4) is 11.8 Å². The van der Waals surface area contributed by atoms with Gasteiger partial charge in [-0.25, -0.2) is 0 Å². The Labute approximate surface area is 116 Å². The van der Waals surface area contributed by atoms with Crippen LogP contribution in [0.25, 0.3) is 0 Å². The highest BCUT2D eigenvalue weighted by Gasteiger charge is 2.28. The average Bonchev–Trinajstić information content (AvgIpc) is 2.38. The highest BCUT2D eigenvalue weighted by Crippen LogP contribution is 2.28. The third kappa shape index (κ3) is 3.24. The second-order valence-corrected chi connectivity index (χ2v) is 5.88. The molecule has 0 saturated heterocycles. The number of benzene rings is 1. The fourth-order valence-electron chi connectivity index (χ4n) is 2.34. The number of ether oxygens (including phenoxy) is 1. The summed E-state index contributed by atoms with van der Waals surface area (Å²) in [5, 5.41) is 9.06. The molecule has 1 saturated carbocycles. The highest BCUT2D eigenvalue weighted by molar-refractivity contribution is 9.10. The van der Waals surface area contributed by atoms with Crippen LogP contribution in [0.2, 0.25) is 0 Å². The van der Waals surface area contributed by atoms with E-state index >= 15 is 0 Å². The molecule has 1 aliphatic rings. The van der Waals surface area contributed by atoms with E-state index in [0.29, 0.717) is 17.9 Å². The van der Waals surface area contributed by atoms with Crippen LogP contribution in [-0.2, 0) is 0 Å². The van der Waals surface area contributed by atoms with Crippen LogP contribution >= 0.6 is 15.9 Å². The van der Waals surface area contributed by atoms with Gasteiger partial charge >= 0.3 is 0 Å². The molecule has 4 heteroatoms. The Balaban J connectivity index is 2.04. The first-order chi connectivity index (χ1) is 8.63. The van der Waals surface area contributed by atoms with Crippen LogP contribution in [0.4, 0.5) is 0 Å². The average molecular weight is 309 g/mol.